The Morgan fingerprint density at radius 3 is 2.45 bits per heavy atom. The molecule has 8 nitrogen and oxygen atoms in total. The molecule has 0 amide bonds. The van der Waals surface area contributed by atoms with Crippen LogP contribution in [0.15, 0.2) is 48.7 Å². The Morgan fingerprint density at radius 2 is 1.76 bits per heavy atom. The molecule has 1 aromatic heterocycles. The lowest BCUT2D eigenvalue weighted by molar-refractivity contribution is 0.607. The van der Waals surface area contributed by atoms with Crippen LogP contribution >= 0.6 is 11.6 Å². The van der Waals surface area contributed by atoms with Gasteiger partial charge in [0.25, 0.3) is 0 Å². The molecule has 29 heavy (non-hydrogen) atoms. The standard InChI is InChI=1S/C18H14ClFN6O2S/c1-29(27,28)26-14-7-3-2-6-13(14)23-17-12(19)10-22-18(25-17)24-15-8-4-5-11(9-21)16(15)20/h2-8,10,26H,1H3,(H2,22,23,24,25). The van der Waals surface area contributed by atoms with Gasteiger partial charge < -0.3 is 10.6 Å². The van der Waals surface area contributed by atoms with E-state index < -0.39 is 15.8 Å². The number of sulfonamides is 1. The van der Waals surface area contributed by atoms with E-state index in [0.717, 1.165) is 6.26 Å². The Labute approximate surface area is 171 Å². The minimum atomic E-state index is -3.50. The number of nitriles is 1. The molecule has 0 aliphatic heterocycles. The van der Waals surface area contributed by atoms with Crippen LogP contribution in [-0.4, -0.2) is 24.6 Å². The molecule has 0 saturated heterocycles. The van der Waals surface area contributed by atoms with Crippen LogP contribution in [0.4, 0.5) is 33.2 Å². The van der Waals surface area contributed by atoms with Gasteiger partial charge in [-0.25, -0.2) is 17.8 Å². The van der Waals surface area contributed by atoms with Gasteiger partial charge in [-0.3, -0.25) is 4.72 Å². The molecule has 3 aromatic rings. The second-order valence-corrected chi connectivity index (χ2v) is 7.99. The fraction of sp³-hybridized carbons (Fsp3) is 0.0556. The Hall–Kier alpha value is -3.42. The van der Waals surface area contributed by atoms with Gasteiger partial charge in [-0.2, -0.15) is 10.2 Å². The van der Waals surface area contributed by atoms with Gasteiger partial charge in [-0.05, 0) is 24.3 Å². The highest BCUT2D eigenvalue weighted by Crippen LogP contribution is 2.30. The third-order valence-electron chi connectivity index (χ3n) is 3.59. The second-order valence-electron chi connectivity index (χ2n) is 5.84. The van der Waals surface area contributed by atoms with Gasteiger partial charge in [0.05, 0.1) is 35.1 Å². The van der Waals surface area contributed by atoms with Crippen LogP contribution in [0.1, 0.15) is 5.56 Å². The largest absolute Gasteiger partial charge is 0.337 e. The summed E-state index contributed by atoms with van der Waals surface area (Å²) in [4.78, 5) is 8.20. The number of anilines is 5. The van der Waals surface area contributed by atoms with Crippen molar-refractivity contribution in [1.29, 1.82) is 5.26 Å². The molecule has 3 N–H and O–H groups in total. The highest BCUT2D eigenvalue weighted by molar-refractivity contribution is 7.92. The van der Waals surface area contributed by atoms with Gasteiger partial charge in [-0.15, -0.1) is 0 Å². The molecule has 0 radical (unpaired) electrons. The van der Waals surface area contributed by atoms with E-state index in [1.54, 1.807) is 30.3 Å². The summed E-state index contributed by atoms with van der Waals surface area (Å²) in [6.45, 7) is 0. The number of halogens is 2. The highest BCUT2D eigenvalue weighted by Gasteiger charge is 2.13. The van der Waals surface area contributed by atoms with Crippen molar-refractivity contribution in [2.24, 2.45) is 0 Å². The first-order chi connectivity index (χ1) is 13.8. The van der Waals surface area contributed by atoms with E-state index in [-0.39, 0.29) is 28.0 Å². The normalized spacial score (nSPS) is 10.8. The van der Waals surface area contributed by atoms with E-state index in [4.69, 9.17) is 16.9 Å². The van der Waals surface area contributed by atoms with Gasteiger partial charge >= 0.3 is 0 Å². The molecular formula is C18H14ClFN6O2S. The topological polar surface area (TPSA) is 120 Å². The van der Waals surface area contributed by atoms with Crippen LogP contribution < -0.4 is 15.4 Å². The maximum atomic E-state index is 14.2. The van der Waals surface area contributed by atoms with Crippen LogP contribution in [0.5, 0.6) is 0 Å². The Bertz CT molecular complexity index is 1210. The van der Waals surface area contributed by atoms with E-state index in [1.807, 2.05) is 0 Å². The van der Waals surface area contributed by atoms with Crippen LogP contribution in [0.25, 0.3) is 0 Å². The lowest BCUT2D eigenvalue weighted by Crippen LogP contribution is -2.11. The summed E-state index contributed by atoms with van der Waals surface area (Å²) >= 11 is 6.14. The number of benzene rings is 2. The molecule has 0 aliphatic rings. The van der Waals surface area contributed by atoms with Gasteiger partial charge in [0.1, 0.15) is 11.1 Å². The number of hydrogen-bond donors (Lipinski definition) is 3. The summed E-state index contributed by atoms with van der Waals surface area (Å²) in [7, 11) is -3.50. The lowest BCUT2D eigenvalue weighted by atomic mass is 10.2. The van der Waals surface area contributed by atoms with Crippen molar-refractivity contribution in [2.75, 3.05) is 21.6 Å². The van der Waals surface area contributed by atoms with E-state index in [9.17, 15) is 12.8 Å². The molecule has 0 unspecified atom stereocenters. The van der Waals surface area contributed by atoms with Crippen molar-refractivity contribution in [3.05, 3.63) is 65.1 Å². The number of rotatable bonds is 6. The van der Waals surface area contributed by atoms with Crippen LogP contribution in [0.2, 0.25) is 5.02 Å². The average Bonchev–Trinajstić information content (AvgIpc) is 2.66. The summed E-state index contributed by atoms with van der Waals surface area (Å²) in [5.74, 6) is -0.533. The minimum absolute atomic E-state index is 0.0245. The number of nitrogens with one attached hydrogen (secondary N) is 3. The van der Waals surface area contributed by atoms with Crippen LogP contribution in [0.3, 0.4) is 0 Å². The van der Waals surface area contributed by atoms with Gasteiger partial charge in [0.2, 0.25) is 16.0 Å². The van der Waals surface area contributed by atoms with E-state index in [2.05, 4.69) is 25.3 Å². The van der Waals surface area contributed by atoms with Gasteiger partial charge in [0.15, 0.2) is 11.6 Å². The van der Waals surface area contributed by atoms with Crippen molar-refractivity contribution in [3.63, 3.8) is 0 Å². The fourth-order valence-electron chi connectivity index (χ4n) is 2.36. The Balaban J connectivity index is 1.91. The first-order valence-corrected chi connectivity index (χ1v) is 10.4. The smallest absolute Gasteiger partial charge is 0.229 e. The van der Waals surface area contributed by atoms with E-state index in [1.165, 1.54) is 24.4 Å². The Morgan fingerprint density at radius 1 is 1.07 bits per heavy atom. The lowest BCUT2D eigenvalue weighted by Gasteiger charge is -2.14. The molecular weight excluding hydrogens is 419 g/mol. The molecule has 0 aliphatic carbocycles. The summed E-state index contributed by atoms with van der Waals surface area (Å²) in [5, 5.41) is 14.7. The van der Waals surface area contributed by atoms with E-state index >= 15 is 0 Å². The number of hydrogen-bond acceptors (Lipinski definition) is 7. The monoisotopic (exact) mass is 432 g/mol. The zero-order valence-corrected chi connectivity index (χ0v) is 16.5. The quantitative estimate of drug-likeness (QED) is 0.538. The number of para-hydroxylation sites is 2. The molecule has 0 bridgehead atoms. The summed E-state index contributed by atoms with van der Waals surface area (Å²) in [6.07, 6.45) is 2.34. The number of aromatic nitrogens is 2. The van der Waals surface area contributed by atoms with Gasteiger partial charge in [-0.1, -0.05) is 29.8 Å². The zero-order valence-electron chi connectivity index (χ0n) is 14.9. The minimum Gasteiger partial charge on any atom is -0.337 e. The van der Waals surface area contributed by atoms with Crippen molar-refractivity contribution in [1.82, 2.24) is 9.97 Å². The highest BCUT2D eigenvalue weighted by atomic mass is 35.5. The predicted octanol–water partition coefficient (Wildman–Crippen LogP) is 4.00. The third kappa shape index (κ3) is 5.10. The first kappa shape index (κ1) is 20.3. The molecule has 0 fully saturated rings. The third-order valence-corrected chi connectivity index (χ3v) is 4.45. The number of nitrogens with zero attached hydrogens (tertiary/aromatic N) is 3. The van der Waals surface area contributed by atoms with Crippen LogP contribution in [0, 0.1) is 17.1 Å². The molecule has 0 spiro atoms. The molecule has 0 atom stereocenters. The molecule has 1 heterocycles. The van der Waals surface area contributed by atoms with Crippen molar-refractivity contribution in [2.45, 2.75) is 0 Å². The second kappa shape index (κ2) is 8.30. The first-order valence-electron chi connectivity index (χ1n) is 8.09. The zero-order chi connectivity index (χ0) is 21.0. The van der Waals surface area contributed by atoms with Gasteiger partial charge in [0, 0.05) is 0 Å². The fourth-order valence-corrected chi connectivity index (χ4v) is 3.07. The summed E-state index contributed by atoms with van der Waals surface area (Å²) in [6, 6.07) is 12.6. The molecule has 2 aromatic carbocycles. The molecule has 148 valence electrons. The van der Waals surface area contributed by atoms with Crippen molar-refractivity contribution in [3.8, 4) is 6.07 Å². The van der Waals surface area contributed by atoms with Crippen LogP contribution in [-0.2, 0) is 10.0 Å². The maximum absolute atomic E-state index is 14.2. The SMILES string of the molecule is CS(=O)(=O)Nc1ccccc1Nc1nc(Nc2cccc(C#N)c2F)ncc1Cl. The average molecular weight is 433 g/mol. The summed E-state index contributed by atoms with van der Waals surface area (Å²) in [5.41, 5.74) is 0.605. The van der Waals surface area contributed by atoms with Crippen molar-refractivity contribution < 1.29 is 12.8 Å². The van der Waals surface area contributed by atoms with Crippen molar-refractivity contribution >= 4 is 50.5 Å². The van der Waals surface area contributed by atoms with E-state index in [0.29, 0.717) is 11.4 Å². The molecule has 3 rings (SSSR count). The summed E-state index contributed by atoms with van der Waals surface area (Å²) < 4.78 is 39.7. The molecule has 11 heteroatoms. The maximum Gasteiger partial charge on any atom is 0.229 e. The Kier molecular flexibility index (Phi) is 5.81. The molecule has 0 saturated carbocycles. The predicted molar refractivity (Wildman–Crippen MR) is 110 cm³/mol.